The van der Waals surface area contributed by atoms with Crippen molar-refractivity contribution in [1.82, 2.24) is 10.2 Å². The number of methoxy groups -OCH3 is 1. The molecule has 0 spiro atoms. The summed E-state index contributed by atoms with van der Waals surface area (Å²) in [5, 5.41) is 3.11. The molecule has 4 heteroatoms. The Morgan fingerprint density at radius 2 is 2.31 bits per heavy atom. The highest BCUT2D eigenvalue weighted by Gasteiger charge is 2.33. The fourth-order valence-electron chi connectivity index (χ4n) is 1.84. The molecule has 0 radical (unpaired) electrons. The van der Waals surface area contributed by atoms with E-state index >= 15 is 0 Å². The summed E-state index contributed by atoms with van der Waals surface area (Å²) in [4.78, 5) is 13.6. The normalized spacial score (nSPS) is 29.0. The number of amides is 1. The van der Waals surface area contributed by atoms with Crippen LogP contribution < -0.4 is 5.32 Å². The Morgan fingerprint density at radius 3 is 2.77 bits per heavy atom. The summed E-state index contributed by atoms with van der Waals surface area (Å²) >= 11 is 0. The molecular formula is C9H16N2O2. The van der Waals surface area contributed by atoms with Crippen LogP contribution in [0.25, 0.3) is 0 Å². The molecule has 2 aliphatic rings. The zero-order chi connectivity index (χ0) is 9.26. The molecule has 2 saturated heterocycles. The highest BCUT2D eigenvalue weighted by Crippen LogP contribution is 2.16. The van der Waals surface area contributed by atoms with Crippen molar-refractivity contribution in [2.24, 2.45) is 5.92 Å². The quantitative estimate of drug-likeness (QED) is 0.626. The molecule has 2 rings (SSSR count). The minimum absolute atomic E-state index is 0.232. The molecule has 0 saturated carbocycles. The molecule has 2 fully saturated rings. The van der Waals surface area contributed by atoms with Gasteiger partial charge in [0.1, 0.15) is 0 Å². The number of ether oxygens (including phenoxy) is 1. The third-order valence-corrected chi connectivity index (χ3v) is 2.92. The van der Waals surface area contributed by atoms with E-state index in [1.807, 2.05) is 4.90 Å². The van der Waals surface area contributed by atoms with Gasteiger partial charge in [-0.1, -0.05) is 0 Å². The molecule has 1 amide bonds. The molecule has 0 aliphatic carbocycles. The van der Waals surface area contributed by atoms with Gasteiger partial charge in [0.05, 0.1) is 12.0 Å². The lowest BCUT2D eigenvalue weighted by atomic mass is 10.0. The van der Waals surface area contributed by atoms with Gasteiger partial charge in [-0.15, -0.1) is 0 Å². The van der Waals surface area contributed by atoms with Crippen LogP contribution in [0.1, 0.15) is 6.42 Å². The summed E-state index contributed by atoms with van der Waals surface area (Å²) in [6, 6.07) is 0. The van der Waals surface area contributed by atoms with Gasteiger partial charge in [-0.2, -0.15) is 0 Å². The molecule has 0 aromatic rings. The lowest BCUT2D eigenvalue weighted by molar-refractivity contribution is -0.136. The van der Waals surface area contributed by atoms with Crippen molar-refractivity contribution in [3.05, 3.63) is 0 Å². The predicted molar refractivity (Wildman–Crippen MR) is 48.4 cm³/mol. The first-order valence-corrected chi connectivity index (χ1v) is 4.83. The highest BCUT2D eigenvalue weighted by atomic mass is 16.5. The number of hydrogen-bond acceptors (Lipinski definition) is 3. The third-order valence-electron chi connectivity index (χ3n) is 2.92. The molecule has 1 unspecified atom stereocenters. The topological polar surface area (TPSA) is 41.6 Å². The van der Waals surface area contributed by atoms with Crippen LogP contribution in [0.4, 0.5) is 0 Å². The fourth-order valence-corrected chi connectivity index (χ4v) is 1.84. The molecular weight excluding hydrogens is 168 g/mol. The van der Waals surface area contributed by atoms with Gasteiger partial charge >= 0.3 is 0 Å². The van der Waals surface area contributed by atoms with Gasteiger partial charge in [0, 0.05) is 33.3 Å². The van der Waals surface area contributed by atoms with E-state index in [2.05, 4.69) is 5.32 Å². The zero-order valence-electron chi connectivity index (χ0n) is 7.95. The van der Waals surface area contributed by atoms with Gasteiger partial charge in [0.25, 0.3) is 0 Å². The number of carbonyl (C=O) groups is 1. The maximum absolute atomic E-state index is 11.7. The van der Waals surface area contributed by atoms with Crippen LogP contribution in [-0.2, 0) is 9.53 Å². The molecule has 0 bridgehead atoms. The molecule has 74 valence electrons. The van der Waals surface area contributed by atoms with E-state index in [1.54, 1.807) is 7.11 Å². The predicted octanol–water partition coefficient (Wildman–Crippen LogP) is -0.547. The van der Waals surface area contributed by atoms with Gasteiger partial charge in [-0.25, -0.2) is 0 Å². The molecule has 13 heavy (non-hydrogen) atoms. The first-order chi connectivity index (χ1) is 6.31. The summed E-state index contributed by atoms with van der Waals surface area (Å²) in [5.41, 5.74) is 0. The molecule has 2 aliphatic heterocycles. The van der Waals surface area contributed by atoms with Gasteiger partial charge in [-0.3, -0.25) is 4.79 Å². The Labute approximate surface area is 78.2 Å². The molecule has 1 atom stereocenters. The van der Waals surface area contributed by atoms with Crippen molar-refractivity contribution in [3.63, 3.8) is 0 Å². The summed E-state index contributed by atoms with van der Waals surface area (Å²) in [6.07, 6.45) is 1.25. The van der Waals surface area contributed by atoms with Crippen LogP contribution in [0.15, 0.2) is 0 Å². The summed E-state index contributed by atoms with van der Waals surface area (Å²) in [7, 11) is 1.71. The molecule has 1 N–H and O–H groups in total. The first-order valence-electron chi connectivity index (χ1n) is 4.83. The zero-order valence-corrected chi connectivity index (χ0v) is 7.95. The lowest BCUT2D eigenvalue weighted by Crippen LogP contribution is -2.51. The van der Waals surface area contributed by atoms with Crippen molar-refractivity contribution >= 4 is 5.91 Å². The van der Waals surface area contributed by atoms with E-state index in [4.69, 9.17) is 4.74 Å². The highest BCUT2D eigenvalue weighted by molar-refractivity contribution is 5.80. The number of nitrogens with one attached hydrogen (secondary N) is 1. The number of nitrogens with zero attached hydrogens (tertiary/aromatic N) is 1. The van der Waals surface area contributed by atoms with Crippen LogP contribution in [0.3, 0.4) is 0 Å². The van der Waals surface area contributed by atoms with Gasteiger partial charge in [0.15, 0.2) is 0 Å². The monoisotopic (exact) mass is 184 g/mol. The van der Waals surface area contributed by atoms with Crippen molar-refractivity contribution in [2.75, 3.05) is 33.3 Å². The Balaban J connectivity index is 1.84. The largest absolute Gasteiger partial charge is 0.380 e. The Kier molecular flexibility index (Phi) is 2.51. The van der Waals surface area contributed by atoms with E-state index < -0.39 is 0 Å². The van der Waals surface area contributed by atoms with E-state index in [-0.39, 0.29) is 12.0 Å². The van der Waals surface area contributed by atoms with E-state index in [0.717, 1.165) is 32.6 Å². The van der Waals surface area contributed by atoms with Gasteiger partial charge < -0.3 is 15.0 Å². The average Bonchev–Trinajstić information content (AvgIpc) is 2.48. The van der Waals surface area contributed by atoms with E-state index in [0.29, 0.717) is 5.91 Å². The number of rotatable bonds is 2. The van der Waals surface area contributed by atoms with Crippen molar-refractivity contribution in [1.29, 1.82) is 0 Å². The van der Waals surface area contributed by atoms with Crippen molar-refractivity contribution < 1.29 is 9.53 Å². The number of likely N-dealkylation sites (tertiary alicyclic amines) is 1. The maximum Gasteiger partial charge on any atom is 0.228 e. The van der Waals surface area contributed by atoms with Crippen LogP contribution in [-0.4, -0.2) is 50.2 Å². The standard InChI is InChI=1S/C9H16N2O2/c1-13-8-2-3-11(6-8)9(12)7-4-10-5-7/h7-8,10H,2-6H2,1H3. The fraction of sp³-hybridized carbons (Fsp3) is 0.889. The molecule has 0 aromatic carbocycles. The van der Waals surface area contributed by atoms with Crippen molar-refractivity contribution in [3.8, 4) is 0 Å². The van der Waals surface area contributed by atoms with Crippen LogP contribution in [0.5, 0.6) is 0 Å². The summed E-state index contributed by atoms with van der Waals surface area (Å²) < 4.78 is 5.21. The van der Waals surface area contributed by atoms with Crippen LogP contribution >= 0.6 is 0 Å². The summed E-state index contributed by atoms with van der Waals surface area (Å²) in [5.74, 6) is 0.536. The smallest absolute Gasteiger partial charge is 0.228 e. The van der Waals surface area contributed by atoms with Crippen LogP contribution in [0.2, 0.25) is 0 Å². The lowest BCUT2D eigenvalue weighted by Gasteiger charge is -2.30. The average molecular weight is 184 g/mol. The minimum Gasteiger partial charge on any atom is -0.380 e. The Morgan fingerprint density at radius 1 is 1.54 bits per heavy atom. The number of carbonyl (C=O) groups excluding carboxylic acids is 1. The third kappa shape index (κ3) is 1.69. The van der Waals surface area contributed by atoms with Gasteiger partial charge in [0.2, 0.25) is 5.91 Å². The second-order valence-electron chi connectivity index (χ2n) is 3.79. The van der Waals surface area contributed by atoms with Crippen LogP contribution in [0, 0.1) is 5.92 Å². The van der Waals surface area contributed by atoms with E-state index in [9.17, 15) is 4.79 Å². The molecule has 2 heterocycles. The Bertz CT molecular complexity index is 204. The number of hydrogen-bond donors (Lipinski definition) is 1. The summed E-state index contributed by atoms with van der Waals surface area (Å²) in [6.45, 7) is 3.36. The molecule has 0 aromatic heterocycles. The first kappa shape index (κ1) is 8.97. The Hall–Kier alpha value is -0.610. The van der Waals surface area contributed by atoms with Gasteiger partial charge in [-0.05, 0) is 6.42 Å². The second-order valence-corrected chi connectivity index (χ2v) is 3.79. The SMILES string of the molecule is COC1CCN(C(=O)C2CNC2)C1. The maximum atomic E-state index is 11.7. The molecule has 4 nitrogen and oxygen atoms in total. The minimum atomic E-state index is 0.232. The second kappa shape index (κ2) is 3.64. The van der Waals surface area contributed by atoms with E-state index in [1.165, 1.54) is 0 Å². The van der Waals surface area contributed by atoms with Crippen molar-refractivity contribution in [2.45, 2.75) is 12.5 Å².